The molecule has 1 saturated heterocycles. The Morgan fingerprint density at radius 2 is 1.74 bits per heavy atom. The van der Waals surface area contributed by atoms with E-state index < -0.39 is 21.5 Å². The number of halogens is 2. The number of amides is 1. The van der Waals surface area contributed by atoms with Crippen molar-refractivity contribution in [2.45, 2.75) is 58.6 Å². The Morgan fingerprint density at radius 1 is 1.02 bits per heavy atom. The lowest BCUT2D eigenvalue weighted by molar-refractivity contribution is -0.121. The van der Waals surface area contributed by atoms with E-state index in [1.165, 1.54) is 19.2 Å². The molecule has 0 aliphatic carbocycles. The van der Waals surface area contributed by atoms with Crippen molar-refractivity contribution in [3.8, 4) is 28.4 Å². The summed E-state index contributed by atoms with van der Waals surface area (Å²) >= 11 is 5.82. The van der Waals surface area contributed by atoms with Gasteiger partial charge in [0.25, 0.3) is 5.91 Å². The molecule has 0 radical (unpaired) electrons. The number of likely N-dealkylation sites (N-methyl/N-ethyl adjacent to an activating group) is 1. The Kier molecular flexibility index (Phi) is 9.93. The van der Waals surface area contributed by atoms with Crippen LogP contribution in [0.3, 0.4) is 0 Å². The molecule has 0 saturated carbocycles. The molecule has 0 aromatic heterocycles. The molecule has 2 heterocycles. The fraction of sp³-hybridized carbons (Fsp3) is 0.441. The van der Waals surface area contributed by atoms with E-state index in [1.807, 2.05) is 45.0 Å². The monoisotopic (exact) mass is 673 g/mol. The van der Waals surface area contributed by atoms with Crippen LogP contribution in [0.15, 0.2) is 42.5 Å². The number of nitrogens with zero attached hydrogens (tertiary/aromatic N) is 2. The van der Waals surface area contributed by atoms with Crippen molar-refractivity contribution in [3.05, 3.63) is 59.4 Å². The number of carbonyl (C=O) groups is 1. The minimum absolute atomic E-state index is 0.0240. The number of ether oxygens (including phenoxy) is 2. The van der Waals surface area contributed by atoms with Gasteiger partial charge in [-0.15, -0.1) is 11.6 Å². The predicted molar refractivity (Wildman–Crippen MR) is 181 cm³/mol. The Labute approximate surface area is 275 Å². The van der Waals surface area contributed by atoms with Gasteiger partial charge in [0.15, 0.2) is 5.75 Å². The molecule has 3 aromatic rings. The van der Waals surface area contributed by atoms with Gasteiger partial charge < -0.3 is 28.8 Å². The molecular formula is C34H41ClFN3O6S. The number of hydrogen-bond acceptors (Lipinski definition) is 8. The number of piperidine rings is 1. The van der Waals surface area contributed by atoms with E-state index in [0.717, 1.165) is 43.6 Å². The molecule has 1 N–H and O–H groups in total. The van der Waals surface area contributed by atoms with Crippen LogP contribution in [0.25, 0.3) is 11.1 Å². The second-order valence-corrected chi connectivity index (χ2v) is 14.3. The van der Waals surface area contributed by atoms with E-state index in [-0.39, 0.29) is 42.1 Å². The molecular weight excluding hydrogens is 633 g/mol. The largest absolute Gasteiger partial charge is 0.492 e. The van der Waals surface area contributed by atoms with E-state index >= 15 is 0 Å². The van der Waals surface area contributed by atoms with E-state index in [0.29, 0.717) is 33.8 Å². The van der Waals surface area contributed by atoms with Gasteiger partial charge in [-0.25, -0.2) is 4.39 Å². The molecule has 2 aliphatic heterocycles. The highest BCUT2D eigenvalue weighted by Gasteiger charge is 2.39. The quantitative estimate of drug-likeness (QED) is 0.174. The van der Waals surface area contributed by atoms with Gasteiger partial charge in [0.05, 0.1) is 29.9 Å². The van der Waals surface area contributed by atoms with Gasteiger partial charge in [-0.05, 0) is 81.8 Å². The maximum atomic E-state index is 14.2. The summed E-state index contributed by atoms with van der Waals surface area (Å²) in [5.74, 6) is 0.0515. The van der Waals surface area contributed by atoms with Gasteiger partial charge in [0, 0.05) is 43.2 Å². The van der Waals surface area contributed by atoms with E-state index in [2.05, 4.69) is 10.2 Å². The molecule has 0 unspecified atom stereocenters. The normalized spacial score (nSPS) is 16.1. The number of alkyl halides is 1. The number of benzene rings is 3. The minimum Gasteiger partial charge on any atom is -0.492 e. The molecule has 0 spiro atoms. The lowest BCUT2D eigenvalue weighted by Gasteiger charge is -2.39. The number of nitrogens with one attached hydrogen (secondary N) is 1. The summed E-state index contributed by atoms with van der Waals surface area (Å²) in [5, 5.41) is 3.34. The van der Waals surface area contributed by atoms with Crippen molar-refractivity contribution in [3.63, 3.8) is 0 Å². The van der Waals surface area contributed by atoms with Crippen molar-refractivity contribution in [1.29, 1.82) is 0 Å². The van der Waals surface area contributed by atoms with Crippen LogP contribution in [0.2, 0.25) is 0 Å². The third-order valence-corrected chi connectivity index (χ3v) is 9.92. The molecule has 5 rings (SSSR count). The first-order chi connectivity index (χ1) is 21.9. The van der Waals surface area contributed by atoms with Crippen LogP contribution in [0, 0.1) is 12.7 Å². The molecule has 9 nitrogen and oxygen atoms in total. The average molecular weight is 674 g/mol. The number of carbonyl (C=O) groups excluding carboxylic acids is 1. The Hall–Kier alpha value is -3.70. The first-order valence-electron chi connectivity index (χ1n) is 15.4. The zero-order chi connectivity index (χ0) is 33.2. The topological polar surface area (TPSA) is 97.4 Å². The van der Waals surface area contributed by atoms with Crippen LogP contribution in [0.4, 0.5) is 21.5 Å². The Morgan fingerprint density at radius 3 is 2.43 bits per heavy atom. The second kappa shape index (κ2) is 13.6. The maximum absolute atomic E-state index is 14.2. The number of rotatable bonds is 11. The zero-order valence-electron chi connectivity index (χ0n) is 26.9. The molecule has 1 amide bonds. The van der Waals surface area contributed by atoms with Gasteiger partial charge in [-0.1, -0.05) is 12.1 Å². The van der Waals surface area contributed by atoms with Crippen molar-refractivity contribution < 1.29 is 31.3 Å². The lowest BCUT2D eigenvalue weighted by Crippen LogP contribution is -2.52. The van der Waals surface area contributed by atoms with Crippen molar-refractivity contribution in [2.75, 3.05) is 54.0 Å². The molecule has 1 fully saturated rings. The van der Waals surface area contributed by atoms with Crippen LogP contribution in [-0.4, -0.2) is 58.7 Å². The first kappa shape index (κ1) is 33.7. The van der Waals surface area contributed by atoms with Gasteiger partial charge in [-0.3, -0.25) is 4.79 Å². The fourth-order valence-corrected chi connectivity index (χ4v) is 7.43. The molecule has 3 aromatic carbocycles. The molecule has 46 heavy (non-hydrogen) atoms. The molecule has 0 atom stereocenters. The highest BCUT2D eigenvalue weighted by molar-refractivity contribution is 7.87. The van der Waals surface area contributed by atoms with Gasteiger partial charge in [0.2, 0.25) is 5.75 Å². The summed E-state index contributed by atoms with van der Waals surface area (Å²) in [6.45, 7) is 6.92. The maximum Gasteiger partial charge on any atom is 0.309 e. The number of anilines is 3. The van der Waals surface area contributed by atoms with Gasteiger partial charge in [0.1, 0.15) is 23.7 Å². The SMILES string of the molecule is COc1c(-c2ccc3c(c2COc2cc(F)ccc2C)N(C)C(=O)C(C)(C)N3)ccc(N2CCCCC2)c1OS(=O)(=O)CCCCl. The fourth-order valence-electron chi connectivity index (χ4n) is 6.14. The van der Waals surface area contributed by atoms with Gasteiger partial charge in [-0.2, -0.15) is 8.42 Å². The predicted octanol–water partition coefficient (Wildman–Crippen LogP) is 6.88. The van der Waals surface area contributed by atoms with E-state index in [9.17, 15) is 17.6 Å². The van der Waals surface area contributed by atoms with Gasteiger partial charge >= 0.3 is 10.1 Å². The van der Waals surface area contributed by atoms with Crippen LogP contribution < -0.4 is 28.8 Å². The van der Waals surface area contributed by atoms with Crippen LogP contribution >= 0.6 is 11.6 Å². The van der Waals surface area contributed by atoms with Crippen molar-refractivity contribution >= 4 is 44.7 Å². The summed E-state index contributed by atoms with van der Waals surface area (Å²) in [5.41, 5.74) is 3.64. The standard InChI is InChI=1S/C34H41ClFN3O6S/c1-22-10-11-23(36)20-29(22)44-21-26-24(12-14-27-30(26)38(4)33(40)34(2,3)37-27)25-13-15-28(39-17-7-6-8-18-39)32(31(25)43-5)45-46(41,42)19-9-16-35/h10-15,20,37H,6-9,16-19,21H2,1-5H3. The number of hydrogen-bond donors (Lipinski definition) is 1. The summed E-state index contributed by atoms with van der Waals surface area (Å²) in [6.07, 6.45) is 3.27. The minimum atomic E-state index is -4.01. The van der Waals surface area contributed by atoms with Crippen LogP contribution in [0.1, 0.15) is 50.7 Å². The average Bonchev–Trinajstić information content (AvgIpc) is 3.03. The third-order valence-electron chi connectivity index (χ3n) is 8.45. The van der Waals surface area contributed by atoms with Crippen molar-refractivity contribution in [1.82, 2.24) is 0 Å². The second-order valence-electron chi connectivity index (χ2n) is 12.2. The lowest BCUT2D eigenvalue weighted by atomic mass is 9.91. The van der Waals surface area contributed by atoms with Crippen molar-refractivity contribution in [2.24, 2.45) is 0 Å². The molecule has 0 bridgehead atoms. The number of aryl methyl sites for hydroxylation is 1. The summed E-state index contributed by atoms with van der Waals surface area (Å²) < 4.78 is 58.6. The number of methoxy groups -OCH3 is 1. The highest BCUT2D eigenvalue weighted by Crippen LogP contribution is 2.50. The van der Waals surface area contributed by atoms with Crippen LogP contribution in [-0.2, 0) is 21.5 Å². The smallest absolute Gasteiger partial charge is 0.309 e. The Bertz CT molecular complexity index is 1730. The molecule has 12 heteroatoms. The zero-order valence-corrected chi connectivity index (χ0v) is 28.5. The molecule has 2 aliphatic rings. The summed E-state index contributed by atoms with van der Waals surface area (Å²) in [7, 11) is -0.831. The number of fused-ring (bicyclic) bond motifs is 1. The molecule has 248 valence electrons. The summed E-state index contributed by atoms with van der Waals surface area (Å²) in [6, 6.07) is 11.8. The van der Waals surface area contributed by atoms with E-state index in [1.54, 1.807) is 18.0 Å². The van der Waals surface area contributed by atoms with Crippen LogP contribution in [0.5, 0.6) is 17.2 Å². The van der Waals surface area contributed by atoms with E-state index in [4.69, 9.17) is 25.3 Å². The first-order valence-corrected chi connectivity index (χ1v) is 17.5. The summed E-state index contributed by atoms with van der Waals surface area (Å²) in [4.78, 5) is 17.2. The third kappa shape index (κ3) is 6.85. The highest BCUT2D eigenvalue weighted by atomic mass is 35.5. The Balaban J connectivity index is 1.71.